The molecule has 0 saturated carbocycles. The van der Waals surface area contributed by atoms with E-state index in [0.29, 0.717) is 0 Å². The summed E-state index contributed by atoms with van der Waals surface area (Å²) in [6.45, 7) is 0. The van der Waals surface area contributed by atoms with Crippen molar-refractivity contribution in [3.05, 3.63) is 0 Å². The van der Waals surface area contributed by atoms with Crippen molar-refractivity contribution in [1.29, 1.82) is 0 Å². The fourth-order valence-corrected chi connectivity index (χ4v) is 1.35. The number of alkyl halides is 2. The van der Waals surface area contributed by atoms with Crippen molar-refractivity contribution in [3.8, 4) is 0 Å². The first-order chi connectivity index (χ1) is 4.50. The molecule has 0 bridgehead atoms. The van der Waals surface area contributed by atoms with Gasteiger partial charge in [-0.1, -0.05) is 23.2 Å². The molecular weight excluding hydrogens is 419 g/mol. The van der Waals surface area contributed by atoms with Crippen molar-refractivity contribution in [1.82, 2.24) is 0 Å². The Balaban J connectivity index is 0. The van der Waals surface area contributed by atoms with E-state index in [-0.39, 0.29) is 25.8 Å². The number of halogens is 2. The second kappa shape index (κ2) is 4.51. The standard InChI is InChI=1S/CH4Cl2O6P2.Hf/c2-1(3,10(4,5)6)11(7,8)9;/h(H2,4,5,6)(H2,7,8,9);/q;+4/p-4. The number of rotatable bonds is 2. The van der Waals surface area contributed by atoms with Crippen LogP contribution in [0.2, 0.25) is 0 Å². The predicted octanol–water partition coefficient (Wildman–Crippen LogP) is -2.10. The minimum absolute atomic E-state index is 0. The van der Waals surface area contributed by atoms with E-state index in [1.54, 1.807) is 0 Å². The van der Waals surface area contributed by atoms with Gasteiger partial charge in [-0.05, 0) is 15.2 Å². The van der Waals surface area contributed by atoms with Gasteiger partial charge < -0.3 is 28.7 Å². The van der Waals surface area contributed by atoms with Gasteiger partial charge in [0, 0.05) is 0 Å². The molecule has 0 aliphatic heterocycles. The van der Waals surface area contributed by atoms with Gasteiger partial charge >= 0.3 is 25.8 Å². The first-order valence-corrected chi connectivity index (χ1v) is 5.76. The molecule has 11 heteroatoms. The van der Waals surface area contributed by atoms with Crippen LogP contribution in [-0.2, 0) is 35.0 Å². The Morgan fingerprint density at radius 1 is 0.917 bits per heavy atom. The van der Waals surface area contributed by atoms with Crippen LogP contribution in [0.5, 0.6) is 0 Å². The number of hydrogen-bond donors (Lipinski definition) is 0. The van der Waals surface area contributed by atoms with Gasteiger partial charge in [0.05, 0.1) is 0 Å². The average Bonchev–Trinajstić information content (AvgIpc) is 1.58. The molecule has 0 aromatic carbocycles. The molecule has 0 unspecified atom stereocenters. The van der Waals surface area contributed by atoms with Crippen LogP contribution in [-0.4, -0.2) is 3.82 Å². The third-order valence-corrected chi connectivity index (χ3v) is 5.93. The molecule has 0 aromatic heterocycles. The zero-order chi connectivity index (χ0) is 9.50. The topological polar surface area (TPSA) is 126 Å². The molecule has 0 radical (unpaired) electrons. The van der Waals surface area contributed by atoms with Crippen LogP contribution in [0.3, 0.4) is 0 Å². The van der Waals surface area contributed by atoms with Gasteiger partial charge in [0.1, 0.15) is 0 Å². The van der Waals surface area contributed by atoms with Gasteiger partial charge in [0.2, 0.25) is 0 Å². The molecule has 0 aliphatic rings. The van der Waals surface area contributed by atoms with Crippen molar-refractivity contribution in [3.63, 3.8) is 0 Å². The molecule has 0 atom stereocenters. The second-order valence-corrected chi connectivity index (χ2v) is 7.57. The summed E-state index contributed by atoms with van der Waals surface area (Å²) in [7, 11) is -11.7. The van der Waals surface area contributed by atoms with Crippen molar-refractivity contribution in [2.45, 2.75) is 3.82 Å². The molecule has 0 heterocycles. The van der Waals surface area contributed by atoms with Crippen LogP contribution >= 0.6 is 38.4 Å². The van der Waals surface area contributed by atoms with Crippen molar-refractivity contribution in [2.24, 2.45) is 0 Å². The third kappa shape index (κ3) is 3.48. The Morgan fingerprint density at radius 3 is 1.08 bits per heavy atom. The molecule has 0 saturated heterocycles. The van der Waals surface area contributed by atoms with Crippen LogP contribution in [0.25, 0.3) is 0 Å². The van der Waals surface area contributed by atoms with Crippen LogP contribution in [0.15, 0.2) is 0 Å². The summed E-state index contributed by atoms with van der Waals surface area (Å²) in [5, 5.41) is 0. The van der Waals surface area contributed by atoms with Crippen molar-refractivity contribution < 1.29 is 54.5 Å². The van der Waals surface area contributed by atoms with Gasteiger partial charge in [-0.3, -0.25) is 0 Å². The van der Waals surface area contributed by atoms with E-state index in [9.17, 15) is 28.7 Å². The monoisotopic (exact) mass is 420 g/mol. The van der Waals surface area contributed by atoms with Gasteiger partial charge in [0.25, 0.3) is 0 Å². The van der Waals surface area contributed by atoms with E-state index in [2.05, 4.69) is 23.2 Å². The molecule has 0 aromatic rings. The fraction of sp³-hybridized carbons (Fsp3) is 1.00. The minimum Gasteiger partial charge on any atom is -0.808 e. The molecule has 0 spiro atoms. The second-order valence-electron chi connectivity index (χ2n) is 1.50. The van der Waals surface area contributed by atoms with Crippen molar-refractivity contribution in [2.75, 3.05) is 0 Å². The molecule has 6 nitrogen and oxygen atoms in total. The normalized spacial score (nSPS) is 13.8. The van der Waals surface area contributed by atoms with E-state index in [1.165, 1.54) is 0 Å². The van der Waals surface area contributed by atoms with Crippen LogP contribution in [0, 0.1) is 0 Å². The van der Waals surface area contributed by atoms with E-state index >= 15 is 0 Å². The Bertz CT molecular complexity index is 216. The summed E-state index contributed by atoms with van der Waals surface area (Å²) in [4.78, 5) is 39.7. The van der Waals surface area contributed by atoms with Gasteiger partial charge in [-0.2, -0.15) is 0 Å². The maximum absolute atomic E-state index is 9.94. The minimum atomic E-state index is -5.85. The van der Waals surface area contributed by atoms with E-state index in [1.807, 2.05) is 0 Å². The van der Waals surface area contributed by atoms with Gasteiger partial charge in [-0.25, -0.2) is 0 Å². The van der Waals surface area contributed by atoms with Crippen LogP contribution in [0.4, 0.5) is 0 Å². The SMILES string of the molecule is O=P([O-])([O-])C(Cl)(Cl)P(=O)([O-])[O-].[Hf+4]. The predicted molar refractivity (Wildman–Crippen MR) is 29.7 cm³/mol. The molecule has 0 rings (SSSR count). The summed E-state index contributed by atoms with van der Waals surface area (Å²) in [5.74, 6) is 0. The first kappa shape index (κ1) is 16.2. The summed E-state index contributed by atoms with van der Waals surface area (Å²) in [6.07, 6.45) is 0. The van der Waals surface area contributed by atoms with E-state index < -0.39 is 19.0 Å². The van der Waals surface area contributed by atoms with Crippen LogP contribution < -0.4 is 19.6 Å². The fourth-order valence-electron chi connectivity index (χ4n) is 0.150. The average molecular weight is 419 g/mol. The molecule has 0 amide bonds. The zero-order valence-electron chi connectivity index (χ0n) is 5.10. The Hall–Kier alpha value is 1.75. The molecule has 0 N–H and O–H groups in total. The van der Waals surface area contributed by atoms with Gasteiger partial charge in [-0.15, -0.1) is 0 Å². The summed E-state index contributed by atoms with van der Waals surface area (Å²) in [5.41, 5.74) is 0. The Labute approximate surface area is 96.4 Å². The van der Waals surface area contributed by atoms with Crippen molar-refractivity contribution >= 4 is 38.4 Å². The smallest absolute Gasteiger partial charge is 0.808 e. The Kier molecular flexibility index (Phi) is 6.09. The van der Waals surface area contributed by atoms with Crippen LogP contribution in [0.1, 0.15) is 0 Å². The maximum Gasteiger partial charge on any atom is 4.00 e. The largest absolute Gasteiger partial charge is 4.00 e. The summed E-state index contributed by atoms with van der Waals surface area (Å²) >= 11 is 8.96. The molecular formula is CCl2HfO6P2. The quantitative estimate of drug-likeness (QED) is 0.287. The molecule has 0 aliphatic carbocycles. The maximum atomic E-state index is 9.94. The van der Waals surface area contributed by atoms with E-state index in [4.69, 9.17) is 0 Å². The van der Waals surface area contributed by atoms with E-state index in [0.717, 1.165) is 0 Å². The third-order valence-electron chi connectivity index (χ3n) is 0.659. The summed E-state index contributed by atoms with van der Waals surface area (Å²) in [6, 6.07) is 0. The number of hydrogen-bond acceptors (Lipinski definition) is 6. The first-order valence-electron chi connectivity index (χ1n) is 1.92. The molecule has 0 fully saturated rings. The van der Waals surface area contributed by atoms with Gasteiger partial charge in [0.15, 0.2) is 3.82 Å². The molecule has 68 valence electrons. The molecule has 12 heavy (non-hydrogen) atoms. The Morgan fingerprint density at radius 2 is 1.08 bits per heavy atom. The summed E-state index contributed by atoms with van der Waals surface area (Å²) < 4.78 is 16.1. The zero-order valence-corrected chi connectivity index (χ0v) is 12.0.